The van der Waals surface area contributed by atoms with Gasteiger partial charge in [-0.15, -0.1) is 0 Å². The van der Waals surface area contributed by atoms with Crippen LogP contribution >= 0.6 is 0 Å². The first kappa shape index (κ1) is 18.6. The summed E-state index contributed by atoms with van der Waals surface area (Å²) in [6, 6.07) is 8.04. The van der Waals surface area contributed by atoms with Crippen LogP contribution in [0.5, 0.6) is 5.75 Å². The van der Waals surface area contributed by atoms with Crippen LogP contribution in [-0.2, 0) is 17.9 Å². The number of nitrogens with zero attached hydrogens (tertiary/aromatic N) is 4. The number of rotatable bonds is 7. The molecule has 6 nitrogen and oxygen atoms in total. The number of aromatic nitrogens is 2. The number of methoxy groups -OCH3 is 1. The third-order valence-corrected chi connectivity index (χ3v) is 4.70. The van der Waals surface area contributed by atoms with Gasteiger partial charge in [0.15, 0.2) is 0 Å². The minimum atomic E-state index is 0.309. The van der Waals surface area contributed by atoms with Crippen molar-refractivity contribution in [2.75, 3.05) is 39.2 Å². The number of para-hydroxylation sites is 1. The van der Waals surface area contributed by atoms with Crippen molar-refractivity contribution in [2.24, 2.45) is 0 Å². The second kappa shape index (κ2) is 8.96. The average Bonchev–Trinajstić information content (AvgIpc) is 2.68. The van der Waals surface area contributed by atoms with Crippen LogP contribution < -0.4 is 9.64 Å². The fourth-order valence-corrected chi connectivity index (χ4v) is 3.18. The lowest BCUT2D eigenvalue weighted by atomic mass is 10.1. The van der Waals surface area contributed by atoms with E-state index in [0.29, 0.717) is 12.7 Å². The summed E-state index contributed by atoms with van der Waals surface area (Å²) in [6.07, 6.45) is 6.25. The quantitative estimate of drug-likeness (QED) is 0.760. The molecule has 0 atom stereocenters. The first-order chi connectivity index (χ1) is 12.7. The van der Waals surface area contributed by atoms with E-state index in [1.165, 1.54) is 0 Å². The Kier molecular flexibility index (Phi) is 6.41. The van der Waals surface area contributed by atoms with Crippen molar-refractivity contribution in [3.05, 3.63) is 47.8 Å². The summed E-state index contributed by atoms with van der Waals surface area (Å²) in [5.41, 5.74) is 2.26. The molecule has 0 bridgehead atoms. The smallest absolute Gasteiger partial charge is 0.224 e. The minimum absolute atomic E-state index is 0.309. The SMILES string of the molecule is COc1ccccc1COC1CCN(Cc2cnc(N(C)C)nc2)CC1. The van der Waals surface area contributed by atoms with E-state index in [1.807, 2.05) is 49.6 Å². The topological polar surface area (TPSA) is 50.7 Å². The molecule has 140 valence electrons. The molecule has 1 aromatic carbocycles. The molecule has 26 heavy (non-hydrogen) atoms. The van der Waals surface area contributed by atoms with Gasteiger partial charge in [0.2, 0.25) is 5.95 Å². The number of benzene rings is 1. The first-order valence-electron chi connectivity index (χ1n) is 9.10. The molecule has 2 aromatic rings. The highest BCUT2D eigenvalue weighted by atomic mass is 16.5. The lowest BCUT2D eigenvalue weighted by Crippen LogP contribution is -2.36. The molecule has 6 heteroatoms. The van der Waals surface area contributed by atoms with Gasteiger partial charge < -0.3 is 14.4 Å². The summed E-state index contributed by atoms with van der Waals surface area (Å²) in [4.78, 5) is 13.1. The molecule has 0 N–H and O–H groups in total. The highest BCUT2D eigenvalue weighted by Gasteiger charge is 2.20. The molecule has 0 unspecified atom stereocenters. The number of piperidine rings is 1. The monoisotopic (exact) mass is 356 g/mol. The predicted octanol–water partition coefficient (Wildman–Crippen LogP) is 2.73. The van der Waals surface area contributed by atoms with Crippen LogP contribution in [0.3, 0.4) is 0 Å². The zero-order valence-electron chi connectivity index (χ0n) is 15.9. The van der Waals surface area contributed by atoms with Crippen molar-refractivity contribution in [1.82, 2.24) is 14.9 Å². The lowest BCUT2D eigenvalue weighted by molar-refractivity contribution is -0.00459. The molecule has 1 aliphatic heterocycles. The summed E-state index contributed by atoms with van der Waals surface area (Å²) in [5.74, 6) is 1.64. The van der Waals surface area contributed by atoms with Gasteiger partial charge in [0.1, 0.15) is 5.75 Å². The zero-order valence-corrected chi connectivity index (χ0v) is 15.9. The van der Waals surface area contributed by atoms with Crippen molar-refractivity contribution < 1.29 is 9.47 Å². The number of hydrogen-bond donors (Lipinski definition) is 0. The van der Waals surface area contributed by atoms with Crippen LogP contribution in [0.15, 0.2) is 36.7 Å². The zero-order chi connectivity index (χ0) is 18.4. The van der Waals surface area contributed by atoms with E-state index >= 15 is 0 Å². The second-order valence-corrected chi connectivity index (χ2v) is 6.88. The van der Waals surface area contributed by atoms with Crippen molar-refractivity contribution in [3.63, 3.8) is 0 Å². The molecule has 1 aliphatic rings. The Morgan fingerprint density at radius 2 is 1.81 bits per heavy atom. The molecule has 0 saturated carbocycles. The fraction of sp³-hybridized carbons (Fsp3) is 0.500. The van der Waals surface area contributed by atoms with E-state index in [2.05, 4.69) is 20.9 Å². The van der Waals surface area contributed by atoms with Crippen LogP contribution in [0.1, 0.15) is 24.0 Å². The lowest BCUT2D eigenvalue weighted by Gasteiger charge is -2.31. The van der Waals surface area contributed by atoms with Gasteiger partial charge >= 0.3 is 0 Å². The summed E-state index contributed by atoms with van der Waals surface area (Å²) in [5, 5.41) is 0. The molecule has 0 amide bonds. The molecule has 3 rings (SSSR count). The number of hydrogen-bond acceptors (Lipinski definition) is 6. The van der Waals surface area contributed by atoms with E-state index in [-0.39, 0.29) is 0 Å². The van der Waals surface area contributed by atoms with Gasteiger partial charge in [0, 0.05) is 57.3 Å². The van der Waals surface area contributed by atoms with Gasteiger partial charge in [-0.2, -0.15) is 0 Å². The third-order valence-electron chi connectivity index (χ3n) is 4.70. The Labute approximate surface area is 155 Å². The summed E-state index contributed by atoms with van der Waals surface area (Å²) in [6.45, 7) is 3.57. The van der Waals surface area contributed by atoms with Crippen LogP contribution in [0.25, 0.3) is 0 Å². The van der Waals surface area contributed by atoms with Gasteiger partial charge in [-0.05, 0) is 18.9 Å². The van der Waals surface area contributed by atoms with Gasteiger partial charge in [-0.25, -0.2) is 9.97 Å². The van der Waals surface area contributed by atoms with Crippen molar-refractivity contribution in [2.45, 2.75) is 32.1 Å². The van der Waals surface area contributed by atoms with Gasteiger partial charge in [-0.3, -0.25) is 4.90 Å². The maximum atomic E-state index is 6.12. The molecule has 1 aromatic heterocycles. The van der Waals surface area contributed by atoms with E-state index in [4.69, 9.17) is 9.47 Å². The predicted molar refractivity (Wildman–Crippen MR) is 102 cm³/mol. The van der Waals surface area contributed by atoms with Crippen LogP contribution in [-0.4, -0.2) is 55.3 Å². The Morgan fingerprint density at radius 1 is 1.12 bits per heavy atom. The van der Waals surface area contributed by atoms with Crippen LogP contribution in [0, 0.1) is 0 Å². The highest BCUT2D eigenvalue weighted by molar-refractivity contribution is 5.32. The third kappa shape index (κ3) is 4.93. The standard InChI is InChI=1S/C20H28N4O2/c1-23(2)20-21-12-16(13-22-20)14-24-10-8-18(9-11-24)26-15-17-6-4-5-7-19(17)25-3/h4-7,12-13,18H,8-11,14-15H2,1-3H3. The second-order valence-electron chi connectivity index (χ2n) is 6.88. The van der Waals surface area contributed by atoms with Crippen LogP contribution in [0.2, 0.25) is 0 Å². The largest absolute Gasteiger partial charge is 0.496 e. The molecular weight excluding hydrogens is 328 g/mol. The maximum absolute atomic E-state index is 6.12. The van der Waals surface area contributed by atoms with Crippen molar-refractivity contribution >= 4 is 5.95 Å². The summed E-state index contributed by atoms with van der Waals surface area (Å²) >= 11 is 0. The summed E-state index contributed by atoms with van der Waals surface area (Å²) < 4.78 is 11.5. The number of anilines is 1. The van der Waals surface area contributed by atoms with E-state index in [9.17, 15) is 0 Å². The Morgan fingerprint density at radius 3 is 2.46 bits per heavy atom. The Bertz CT molecular complexity index is 682. The van der Waals surface area contributed by atoms with Crippen LogP contribution in [0.4, 0.5) is 5.95 Å². The molecular formula is C20H28N4O2. The molecule has 0 spiro atoms. The molecule has 0 aliphatic carbocycles. The van der Waals surface area contributed by atoms with Gasteiger partial charge in [0.25, 0.3) is 0 Å². The fourth-order valence-electron chi connectivity index (χ4n) is 3.18. The van der Waals surface area contributed by atoms with Crippen molar-refractivity contribution in [1.29, 1.82) is 0 Å². The summed E-state index contributed by atoms with van der Waals surface area (Å²) in [7, 11) is 5.60. The van der Waals surface area contributed by atoms with E-state index in [0.717, 1.165) is 55.3 Å². The molecule has 0 radical (unpaired) electrons. The van der Waals surface area contributed by atoms with E-state index < -0.39 is 0 Å². The molecule has 2 heterocycles. The first-order valence-corrected chi connectivity index (χ1v) is 9.10. The average molecular weight is 356 g/mol. The Balaban J connectivity index is 1.44. The minimum Gasteiger partial charge on any atom is -0.496 e. The number of ether oxygens (including phenoxy) is 2. The normalized spacial score (nSPS) is 15.8. The Hall–Kier alpha value is -2.18. The van der Waals surface area contributed by atoms with Crippen molar-refractivity contribution in [3.8, 4) is 5.75 Å². The maximum Gasteiger partial charge on any atom is 0.224 e. The molecule has 1 fully saturated rings. The molecule has 1 saturated heterocycles. The van der Waals surface area contributed by atoms with Gasteiger partial charge in [-0.1, -0.05) is 18.2 Å². The van der Waals surface area contributed by atoms with E-state index in [1.54, 1.807) is 7.11 Å². The highest BCUT2D eigenvalue weighted by Crippen LogP contribution is 2.22. The van der Waals surface area contributed by atoms with Gasteiger partial charge in [0.05, 0.1) is 19.8 Å². The number of likely N-dealkylation sites (tertiary alicyclic amines) is 1.